The lowest BCUT2D eigenvalue weighted by Gasteiger charge is -2.49. The number of rotatable bonds is 22. The average molecular weight is 1140 g/mol. The first-order valence-electron chi connectivity index (χ1n) is 28.4. The number of ether oxygens (including phenoxy) is 5. The van der Waals surface area contributed by atoms with Crippen LogP contribution in [0.1, 0.15) is 102 Å². The third kappa shape index (κ3) is 17.8. The molecule has 0 aromatic heterocycles. The normalized spacial score (nSPS) is 34.5. The van der Waals surface area contributed by atoms with Crippen molar-refractivity contribution in [1.29, 1.82) is 0 Å². The van der Waals surface area contributed by atoms with Crippen LogP contribution in [-0.2, 0) is 51.2 Å². The molecule has 0 radical (unpaired) electrons. The van der Waals surface area contributed by atoms with Gasteiger partial charge in [0.1, 0.15) is 48.4 Å². The number of hydrogen-bond donors (Lipinski definition) is 12. The summed E-state index contributed by atoms with van der Waals surface area (Å²) in [7, 11) is 0. The third-order valence-corrected chi connectivity index (χ3v) is 17.0. The Morgan fingerprint density at radius 3 is 2.24 bits per heavy atom. The predicted molar refractivity (Wildman–Crippen MR) is 285 cm³/mol. The van der Waals surface area contributed by atoms with Gasteiger partial charge in [0.05, 0.1) is 24.9 Å². The summed E-state index contributed by atoms with van der Waals surface area (Å²) in [5.74, 6) is -2.71. The van der Waals surface area contributed by atoms with Crippen LogP contribution in [0.4, 0.5) is 0 Å². The summed E-state index contributed by atoms with van der Waals surface area (Å²) >= 11 is 3.82. The van der Waals surface area contributed by atoms with Gasteiger partial charge >= 0.3 is 5.97 Å². The number of nitrogens with one attached hydrogen (secondary N) is 6. The molecule has 4 aliphatic heterocycles. The fourth-order valence-corrected chi connectivity index (χ4v) is 12.0. The number of aliphatic carboxylic acids is 1. The minimum absolute atomic E-state index is 0.0179. The molecule has 76 heavy (non-hydrogen) atoms. The Morgan fingerprint density at radius 2 is 1.54 bits per heavy atom. The predicted octanol–water partition coefficient (Wildman–Crippen LogP) is 0.488. The van der Waals surface area contributed by atoms with E-state index in [1.165, 1.54) is 5.56 Å². The van der Waals surface area contributed by atoms with Crippen molar-refractivity contribution in [2.75, 3.05) is 78.6 Å². The van der Waals surface area contributed by atoms with Gasteiger partial charge < -0.3 is 86.2 Å². The van der Waals surface area contributed by atoms with Crippen molar-refractivity contribution in [3.63, 3.8) is 0 Å². The van der Waals surface area contributed by atoms with E-state index in [1.807, 2.05) is 6.92 Å². The molecule has 1 aromatic carbocycles. The molecular formula is C54H90BrN7O14. The van der Waals surface area contributed by atoms with E-state index < -0.39 is 104 Å². The van der Waals surface area contributed by atoms with Crippen LogP contribution >= 0.6 is 15.9 Å². The van der Waals surface area contributed by atoms with Crippen LogP contribution in [0.3, 0.4) is 0 Å². The van der Waals surface area contributed by atoms with Crippen LogP contribution in [0.2, 0.25) is 0 Å². The van der Waals surface area contributed by atoms with Gasteiger partial charge in [-0.1, -0.05) is 54.2 Å². The van der Waals surface area contributed by atoms with E-state index in [1.54, 1.807) is 6.92 Å². The Kier molecular flexibility index (Phi) is 25.0. The minimum atomic E-state index is -1.63. The molecule has 7 rings (SSSR count). The summed E-state index contributed by atoms with van der Waals surface area (Å²) in [5, 5.41) is 85.5. The molecule has 432 valence electrons. The zero-order chi connectivity index (χ0) is 54.1. The number of nitrogens with zero attached hydrogens (tertiary/aromatic N) is 1. The highest BCUT2D eigenvalue weighted by molar-refractivity contribution is 9.10. The van der Waals surface area contributed by atoms with E-state index in [2.05, 4.69) is 70.9 Å². The molecule has 1 amide bonds. The van der Waals surface area contributed by atoms with Gasteiger partial charge in [-0.3, -0.25) is 14.5 Å². The fraction of sp³-hybridized carbons (Fsp3) is 0.833. The number of hydrogen-bond acceptors (Lipinski definition) is 19. The Hall–Kier alpha value is -2.33. The largest absolute Gasteiger partial charge is 0.479 e. The number of piperidine rings is 1. The maximum atomic E-state index is 14.3. The quantitative estimate of drug-likeness (QED) is 0.0704. The molecule has 4 heterocycles. The number of aliphatic hydroxyl groups excluding tert-OH is 5. The third-order valence-electron chi connectivity index (χ3n) is 16.3. The lowest BCUT2D eigenvalue weighted by molar-refractivity contribution is -0.338. The molecular weight excluding hydrogens is 1050 g/mol. The molecule has 14 unspecified atom stereocenters. The number of carboxylic acids is 1. The van der Waals surface area contributed by atoms with E-state index in [9.17, 15) is 45.0 Å². The van der Waals surface area contributed by atoms with Gasteiger partial charge in [0, 0.05) is 62.0 Å². The highest BCUT2D eigenvalue weighted by Gasteiger charge is 2.53. The first kappa shape index (κ1) is 61.3. The van der Waals surface area contributed by atoms with Crippen molar-refractivity contribution < 1.29 is 68.7 Å². The summed E-state index contributed by atoms with van der Waals surface area (Å²) < 4.78 is 33.0. The summed E-state index contributed by atoms with van der Waals surface area (Å²) in [5.41, 5.74) is 2.35. The zero-order valence-electron chi connectivity index (χ0n) is 44.7. The lowest BCUT2D eigenvalue weighted by atomic mass is 9.74. The number of Topliss-reactive ketones (excluding diaryl/α,β-unsaturated/α-hetero) is 1. The zero-order valence-corrected chi connectivity index (χ0v) is 46.3. The number of carbonyl (C=O) groups excluding carboxylic acids is 2. The summed E-state index contributed by atoms with van der Waals surface area (Å²) in [6, 6.07) is 5.26. The second-order valence-electron chi connectivity index (χ2n) is 22.1. The monoisotopic (exact) mass is 1140 g/mol. The number of carboxylic acid groups (broad SMARTS) is 1. The molecule has 21 nitrogen and oxygen atoms in total. The van der Waals surface area contributed by atoms with Crippen LogP contribution in [0.5, 0.6) is 0 Å². The van der Waals surface area contributed by atoms with E-state index >= 15 is 0 Å². The van der Waals surface area contributed by atoms with E-state index in [-0.39, 0.29) is 42.8 Å². The van der Waals surface area contributed by atoms with Crippen LogP contribution in [0.15, 0.2) is 22.7 Å². The summed E-state index contributed by atoms with van der Waals surface area (Å²) in [4.78, 5) is 43.6. The van der Waals surface area contributed by atoms with Gasteiger partial charge in [0.2, 0.25) is 5.91 Å². The number of halogens is 1. The second kappa shape index (κ2) is 31.0. The Labute approximate surface area is 457 Å². The maximum Gasteiger partial charge on any atom is 0.332 e. The van der Waals surface area contributed by atoms with Crippen molar-refractivity contribution in [3.05, 3.63) is 33.8 Å². The van der Waals surface area contributed by atoms with Crippen LogP contribution in [0.25, 0.3) is 0 Å². The van der Waals surface area contributed by atoms with E-state index in [0.717, 1.165) is 94.6 Å². The first-order valence-corrected chi connectivity index (χ1v) is 29.2. The van der Waals surface area contributed by atoms with Gasteiger partial charge in [-0.05, 0) is 133 Å². The standard InChI is InChI=1S/C54H90BrN7O14/c1-3-35-27-38(40(64)7-4-14-60-29-37-11-10-34(25-39(37)55)30-62-23-6-17-57-21-20-56-15-5-16-58-22-24-62)28-41(49(35)76-54-48(68)47(67)45(65)32(2)72-54)74-53-44(61-51(69)36-12-18-59-19-13-36)50(46(66)43(31-63)75-53)73-42(52(70)71)26-33-8-9-33/h10-11,25,32-33,35-36,38,41-50,53-54,56-60,63,65-68H,3-9,12-24,26-31H2,1-2H3,(H,61,69)(H,70,71)/t32?,35?,38?,41?,42-,43?,44?,45?,46?,47?,48?,49?,50?,53?,54?/m0/s1. The SMILES string of the molecule is CCC1CC(C(=O)CCCNCc2ccc(CN3CCCNCCNCCCNCC3)cc2Br)CC(OC2OC(CO)C(O)C(O[C@@H](CC3CC3)C(=O)O)C2NC(=O)C2CCNCC2)C1OC1OC(C)C(O)C(O)C1O. The van der Waals surface area contributed by atoms with Gasteiger partial charge in [-0.15, -0.1) is 0 Å². The summed E-state index contributed by atoms with van der Waals surface area (Å²) in [6.07, 6.45) is -8.80. The number of carbonyl (C=O) groups is 3. The molecule has 4 saturated heterocycles. The molecule has 22 heteroatoms. The topological polar surface area (TPSA) is 294 Å². The molecule has 0 spiro atoms. The average Bonchev–Trinajstić information content (AvgIpc) is 4.25. The molecule has 15 atom stereocenters. The Balaban J connectivity index is 1.03. The fourth-order valence-electron chi connectivity index (χ4n) is 11.4. The van der Waals surface area contributed by atoms with E-state index in [4.69, 9.17) is 23.7 Å². The van der Waals surface area contributed by atoms with Crippen molar-refractivity contribution >= 4 is 33.6 Å². The molecule has 1 aromatic rings. The smallest absolute Gasteiger partial charge is 0.332 e. The highest BCUT2D eigenvalue weighted by Crippen LogP contribution is 2.41. The van der Waals surface area contributed by atoms with Crippen LogP contribution < -0.4 is 31.9 Å². The number of ketones is 1. The van der Waals surface area contributed by atoms with Crippen LogP contribution in [0, 0.1) is 23.7 Å². The molecule has 2 saturated carbocycles. The number of benzene rings is 1. The van der Waals surface area contributed by atoms with Gasteiger partial charge in [-0.25, -0.2) is 4.79 Å². The number of amides is 1. The van der Waals surface area contributed by atoms with Gasteiger partial charge in [-0.2, -0.15) is 0 Å². The molecule has 2 aliphatic carbocycles. The molecule has 6 aliphatic rings. The minimum Gasteiger partial charge on any atom is -0.479 e. The van der Waals surface area contributed by atoms with Gasteiger partial charge in [0.25, 0.3) is 0 Å². The number of aliphatic hydroxyl groups is 5. The van der Waals surface area contributed by atoms with E-state index in [0.29, 0.717) is 58.3 Å². The molecule has 12 N–H and O–H groups in total. The van der Waals surface area contributed by atoms with Crippen molar-refractivity contribution in [1.82, 2.24) is 36.8 Å². The molecule has 6 fully saturated rings. The van der Waals surface area contributed by atoms with Crippen molar-refractivity contribution in [2.24, 2.45) is 23.7 Å². The first-order chi connectivity index (χ1) is 36.7. The maximum absolute atomic E-state index is 14.3. The van der Waals surface area contributed by atoms with Crippen LogP contribution in [-0.4, -0.2) is 211 Å². The molecule has 0 bridgehead atoms. The Bertz CT molecular complexity index is 1930. The summed E-state index contributed by atoms with van der Waals surface area (Å²) in [6.45, 7) is 14.0. The highest BCUT2D eigenvalue weighted by atomic mass is 79.9. The lowest BCUT2D eigenvalue weighted by Crippen LogP contribution is -2.68. The second-order valence-corrected chi connectivity index (χ2v) is 22.9. The van der Waals surface area contributed by atoms with Crippen molar-refractivity contribution in [3.8, 4) is 0 Å². The van der Waals surface area contributed by atoms with Crippen molar-refractivity contribution in [2.45, 2.75) is 184 Å². The van der Waals surface area contributed by atoms with Gasteiger partial charge in [0.15, 0.2) is 18.7 Å². The Morgan fingerprint density at radius 1 is 0.816 bits per heavy atom.